The van der Waals surface area contributed by atoms with Gasteiger partial charge >= 0.3 is 0 Å². The molecule has 3 rings (SSSR count). The van der Waals surface area contributed by atoms with Crippen molar-refractivity contribution < 1.29 is 4.39 Å². The Kier molecular flexibility index (Phi) is 4.26. The van der Waals surface area contributed by atoms with E-state index in [-0.39, 0.29) is 0 Å². The predicted octanol–water partition coefficient (Wildman–Crippen LogP) is 4.69. The lowest BCUT2D eigenvalue weighted by Gasteiger charge is -2.08. The standard InChI is InChI=1S/C20H16FN3/c1-14-11-16(15(2)24(14)20-9-5-6-10-23-20)12-17(13-22)18-7-3-4-8-19(18)21/h3-12H,1-2H3. The SMILES string of the molecule is Cc1cc(C=C(C#N)c2ccccc2F)c(C)n1-c1ccccn1. The van der Waals surface area contributed by atoms with Crippen LogP contribution in [0.15, 0.2) is 54.7 Å². The van der Waals surface area contributed by atoms with Crippen molar-refractivity contribution in [3.05, 3.63) is 83.1 Å². The number of benzene rings is 1. The topological polar surface area (TPSA) is 41.6 Å². The molecule has 118 valence electrons. The number of allylic oxidation sites excluding steroid dienone is 1. The smallest absolute Gasteiger partial charge is 0.136 e. The number of hydrogen-bond acceptors (Lipinski definition) is 2. The summed E-state index contributed by atoms with van der Waals surface area (Å²) >= 11 is 0. The maximum absolute atomic E-state index is 14.0. The average molecular weight is 317 g/mol. The number of aromatic nitrogens is 2. The number of nitriles is 1. The van der Waals surface area contributed by atoms with Crippen molar-refractivity contribution in [1.82, 2.24) is 9.55 Å². The van der Waals surface area contributed by atoms with Gasteiger partial charge in [-0.3, -0.25) is 0 Å². The molecule has 1 aromatic carbocycles. The quantitative estimate of drug-likeness (QED) is 0.657. The molecule has 2 heterocycles. The Morgan fingerprint density at radius 3 is 2.58 bits per heavy atom. The van der Waals surface area contributed by atoms with Gasteiger partial charge in [0.25, 0.3) is 0 Å². The Morgan fingerprint density at radius 2 is 1.92 bits per heavy atom. The van der Waals surface area contributed by atoms with Gasteiger partial charge in [0, 0.05) is 23.1 Å². The fourth-order valence-electron chi connectivity index (χ4n) is 2.78. The van der Waals surface area contributed by atoms with Crippen molar-refractivity contribution in [3.8, 4) is 11.9 Å². The van der Waals surface area contributed by atoms with Gasteiger partial charge in [0.15, 0.2) is 0 Å². The summed E-state index contributed by atoms with van der Waals surface area (Å²) in [6, 6.07) is 16.1. The maximum Gasteiger partial charge on any atom is 0.136 e. The zero-order valence-electron chi connectivity index (χ0n) is 13.5. The highest BCUT2D eigenvalue weighted by Gasteiger charge is 2.12. The highest BCUT2D eigenvalue weighted by Crippen LogP contribution is 2.25. The van der Waals surface area contributed by atoms with Gasteiger partial charge < -0.3 is 4.57 Å². The van der Waals surface area contributed by atoms with E-state index in [1.807, 2.05) is 42.7 Å². The summed E-state index contributed by atoms with van der Waals surface area (Å²) in [5, 5.41) is 9.45. The molecule has 3 aromatic rings. The predicted molar refractivity (Wildman–Crippen MR) is 92.9 cm³/mol. The molecular weight excluding hydrogens is 301 g/mol. The number of aryl methyl sites for hydroxylation is 1. The number of halogens is 1. The van der Waals surface area contributed by atoms with E-state index in [0.29, 0.717) is 11.1 Å². The van der Waals surface area contributed by atoms with Gasteiger partial charge in [0.2, 0.25) is 0 Å². The van der Waals surface area contributed by atoms with Crippen LogP contribution in [0.2, 0.25) is 0 Å². The number of hydrogen-bond donors (Lipinski definition) is 0. The third-order valence-electron chi connectivity index (χ3n) is 3.93. The van der Waals surface area contributed by atoms with Gasteiger partial charge in [0.05, 0.1) is 11.6 Å². The second kappa shape index (κ2) is 6.51. The molecule has 0 saturated carbocycles. The fraction of sp³-hybridized carbons (Fsp3) is 0.100. The van der Waals surface area contributed by atoms with Gasteiger partial charge in [-0.1, -0.05) is 24.3 Å². The normalized spacial score (nSPS) is 11.3. The van der Waals surface area contributed by atoms with Crippen molar-refractivity contribution in [2.75, 3.05) is 0 Å². The van der Waals surface area contributed by atoms with E-state index >= 15 is 0 Å². The van der Waals surface area contributed by atoms with E-state index in [1.54, 1.807) is 30.5 Å². The van der Waals surface area contributed by atoms with Gasteiger partial charge in [-0.25, -0.2) is 9.37 Å². The van der Waals surface area contributed by atoms with Crippen LogP contribution < -0.4 is 0 Å². The van der Waals surface area contributed by atoms with Crippen LogP contribution in [0.1, 0.15) is 22.5 Å². The first-order chi connectivity index (χ1) is 11.6. The first-order valence-corrected chi connectivity index (χ1v) is 7.59. The lowest BCUT2D eigenvalue weighted by atomic mass is 10.0. The van der Waals surface area contributed by atoms with E-state index in [4.69, 9.17) is 0 Å². The molecule has 3 nitrogen and oxygen atoms in total. The van der Waals surface area contributed by atoms with Crippen molar-refractivity contribution >= 4 is 11.6 Å². The van der Waals surface area contributed by atoms with E-state index in [0.717, 1.165) is 22.8 Å². The highest BCUT2D eigenvalue weighted by atomic mass is 19.1. The average Bonchev–Trinajstić information content (AvgIpc) is 2.88. The molecule has 0 radical (unpaired) electrons. The lowest BCUT2D eigenvalue weighted by molar-refractivity contribution is 0.624. The second-order valence-electron chi connectivity index (χ2n) is 5.50. The van der Waals surface area contributed by atoms with Crippen molar-refractivity contribution in [2.45, 2.75) is 13.8 Å². The van der Waals surface area contributed by atoms with Crippen LogP contribution >= 0.6 is 0 Å². The lowest BCUT2D eigenvalue weighted by Crippen LogP contribution is -2.01. The largest absolute Gasteiger partial charge is 0.303 e. The maximum atomic E-state index is 14.0. The number of rotatable bonds is 3. The summed E-state index contributed by atoms with van der Waals surface area (Å²) < 4.78 is 16.0. The van der Waals surface area contributed by atoms with Crippen LogP contribution in [0.4, 0.5) is 4.39 Å². The van der Waals surface area contributed by atoms with Gasteiger partial charge in [0.1, 0.15) is 11.6 Å². The first-order valence-electron chi connectivity index (χ1n) is 7.59. The number of pyridine rings is 1. The number of nitrogens with zero attached hydrogens (tertiary/aromatic N) is 3. The zero-order valence-corrected chi connectivity index (χ0v) is 13.5. The van der Waals surface area contributed by atoms with Crippen LogP contribution in [0, 0.1) is 31.0 Å². The molecule has 0 aliphatic rings. The molecule has 0 amide bonds. The zero-order chi connectivity index (χ0) is 17.1. The van der Waals surface area contributed by atoms with Crippen LogP contribution in [0.3, 0.4) is 0 Å². The molecule has 0 N–H and O–H groups in total. The molecule has 0 spiro atoms. The molecule has 2 aromatic heterocycles. The third kappa shape index (κ3) is 2.84. The molecule has 0 atom stereocenters. The molecule has 24 heavy (non-hydrogen) atoms. The Morgan fingerprint density at radius 1 is 1.17 bits per heavy atom. The van der Waals surface area contributed by atoms with Crippen LogP contribution in [0.25, 0.3) is 17.5 Å². The third-order valence-corrected chi connectivity index (χ3v) is 3.93. The summed E-state index contributed by atoms with van der Waals surface area (Å²) in [4.78, 5) is 4.37. The summed E-state index contributed by atoms with van der Waals surface area (Å²) in [6.07, 6.45) is 3.46. The molecule has 0 bridgehead atoms. The van der Waals surface area contributed by atoms with E-state index in [2.05, 4.69) is 11.1 Å². The summed E-state index contributed by atoms with van der Waals surface area (Å²) in [6.45, 7) is 3.94. The summed E-state index contributed by atoms with van der Waals surface area (Å²) in [5.41, 5.74) is 3.44. The van der Waals surface area contributed by atoms with E-state index in [1.165, 1.54) is 6.07 Å². The first kappa shape index (κ1) is 15.7. The van der Waals surface area contributed by atoms with Crippen LogP contribution in [-0.2, 0) is 0 Å². The second-order valence-corrected chi connectivity index (χ2v) is 5.50. The van der Waals surface area contributed by atoms with E-state index < -0.39 is 5.82 Å². The molecule has 0 unspecified atom stereocenters. The van der Waals surface area contributed by atoms with Gasteiger partial charge in [-0.15, -0.1) is 0 Å². The highest BCUT2D eigenvalue weighted by molar-refractivity contribution is 5.90. The van der Waals surface area contributed by atoms with E-state index in [9.17, 15) is 9.65 Å². The molecule has 0 aliphatic heterocycles. The summed E-state index contributed by atoms with van der Waals surface area (Å²) in [7, 11) is 0. The Labute approximate surface area is 140 Å². The minimum absolute atomic E-state index is 0.300. The van der Waals surface area contributed by atoms with Crippen LogP contribution in [-0.4, -0.2) is 9.55 Å². The Hall–Kier alpha value is -3.19. The van der Waals surface area contributed by atoms with Crippen LogP contribution in [0.5, 0.6) is 0 Å². The minimum atomic E-state index is -0.399. The molecule has 0 aliphatic carbocycles. The molecule has 0 fully saturated rings. The van der Waals surface area contributed by atoms with Crippen molar-refractivity contribution in [2.24, 2.45) is 0 Å². The minimum Gasteiger partial charge on any atom is -0.303 e. The Bertz CT molecular complexity index is 947. The molecule has 4 heteroatoms. The monoisotopic (exact) mass is 317 g/mol. The molecular formula is C20H16FN3. The molecule has 0 saturated heterocycles. The Balaban J connectivity index is 2.11. The fourth-order valence-corrected chi connectivity index (χ4v) is 2.78. The van der Waals surface area contributed by atoms with Crippen molar-refractivity contribution in [1.29, 1.82) is 5.26 Å². The van der Waals surface area contributed by atoms with Gasteiger partial charge in [-0.05, 0) is 49.8 Å². The van der Waals surface area contributed by atoms with Gasteiger partial charge in [-0.2, -0.15) is 5.26 Å². The van der Waals surface area contributed by atoms with Crippen molar-refractivity contribution in [3.63, 3.8) is 0 Å². The summed E-state index contributed by atoms with van der Waals surface area (Å²) in [5.74, 6) is 0.417.